The second-order valence-corrected chi connectivity index (χ2v) is 6.48. The standard InChI is InChI=1S/C23H22O4/c1-4-26-22(25)23(13-12-18-8-6-5-7-9-18)20(15-21(24)27-23)19-11-10-16(2)17(3)14-19/h5-15H,4H2,1-3H3/b13-12+. The first kappa shape index (κ1) is 18.6. The summed E-state index contributed by atoms with van der Waals surface area (Å²) in [5, 5.41) is 0. The van der Waals surface area contributed by atoms with Crippen LogP contribution in [-0.4, -0.2) is 24.1 Å². The normalized spacial score (nSPS) is 19.1. The highest BCUT2D eigenvalue weighted by Crippen LogP contribution is 2.39. The highest BCUT2D eigenvalue weighted by molar-refractivity contribution is 6.11. The Labute approximate surface area is 159 Å². The molecule has 0 aliphatic carbocycles. The van der Waals surface area contributed by atoms with E-state index in [2.05, 4.69) is 0 Å². The summed E-state index contributed by atoms with van der Waals surface area (Å²) in [6.07, 6.45) is 4.74. The number of hydrogen-bond acceptors (Lipinski definition) is 4. The van der Waals surface area contributed by atoms with Crippen molar-refractivity contribution in [1.82, 2.24) is 0 Å². The molecule has 138 valence electrons. The van der Waals surface area contributed by atoms with Crippen LogP contribution < -0.4 is 0 Å². The van der Waals surface area contributed by atoms with E-state index in [-0.39, 0.29) is 6.61 Å². The van der Waals surface area contributed by atoms with Gasteiger partial charge in [-0.1, -0.05) is 54.6 Å². The van der Waals surface area contributed by atoms with Crippen LogP contribution in [0.3, 0.4) is 0 Å². The van der Waals surface area contributed by atoms with Crippen LogP contribution in [0.5, 0.6) is 0 Å². The number of carbonyl (C=O) groups is 2. The minimum Gasteiger partial charge on any atom is -0.463 e. The van der Waals surface area contributed by atoms with Crippen molar-refractivity contribution in [2.45, 2.75) is 26.4 Å². The van der Waals surface area contributed by atoms with Crippen molar-refractivity contribution in [3.8, 4) is 0 Å². The van der Waals surface area contributed by atoms with E-state index in [4.69, 9.17) is 9.47 Å². The average Bonchev–Trinajstić information content (AvgIpc) is 3.01. The summed E-state index contributed by atoms with van der Waals surface area (Å²) in [4.78, 5) is 25.1. The lowest BCUT2D eigenvalue weighted by Gasteiger charge is -2.26. The Morgan fingerprint density at radius 1 is 1.11 bits per heavy atom. The van der Waals surface area contributed by atoms with E-state index in [0.29, 0.717) is 5.57 Å². The number of rotatable bonds is 5. The van der Waals surface area contributed by atoms with Gasteiger partial charge in [0.25, 0.3) is 5.60 Å². The van der Waals surface area contributed by atoms with E-state index in [1.165, 1.54) is 6.08 Å². The smallest absolute Gasteiger partial charge is 0.359 e. The van der Waals surface area contributed by atoms with Gasteiger partial charge in [0.15, 0.2) is 0 Å². The maximum absolute atomic E-state index is 12.9. The van der Waals surface area contributed by atoms with Crippen molar-refractivity contribution >= 4 is 23.6 Å². The summed E-state index contributed by atoms with van der Waals surface area (Å²) in [5.74, 6) is -1.17. The Bertz CT molecular complexity index is 925. The molecule has 4 heteroatoms. The molecule has 1 unspecified atom stereocenters. The summed E-state index contributed by atoms with van der Waals surface area (Å²) < 4.78 is 10.8. The van der Waals surface area contributed by atoms with E-state index in [0.717, 1.165) is 22.3 Å². The first-order valence-corrected chi connectivity index (χ1v) is 8.90. The molecular formula is C23H22O4. The van der Waals surface area contributed by atoms with Crippen LogP contribution >= 0.6 is 0 Å². The molecule has 0 radical (unpaired) electrons. The van der Waals surface area contributed by atoms with Gasteiger partial charge in [0.2, 0.25) is 0 Å². The number of aryl methyl sites for hydroxylation is 2. The molecule has 0 spiro atoms. The molecule has 0 bridgehead atoms. The molecule has 0 aromatic heterocycles. The van der Waals surface area contributed by atoms with Crippen LogP contribution in [0.25, 0.3) is 11.6 Å². The van der Waals surface area contributed by atoms with Crippen LogP contribution in [0.4, 0.5) is 0 Å². The number of cyclic esters (lactones) is 1. The highest BCUT2D eigenvalue weighted by atomic mass is 16.6. The quantitative estimate of drug-likeness (QED) is 0.746. The highest BCUT2D eigenvalue weighted by Gasteiger charge is 2.50. The van der Waals surface area contributed by atoms with Gasteiger partial charge in [-0.2, -0.15) is 0 Å². The molecule has 0 N–H and O–H groups in total. The first-order valence-electron chi connectivity index (χ1n) is 8.90. The number of carbonyl (C=O) groups excluding carboxylic acids is 2. The summed E-state index contributed by atoms with van der Waals surface area (Å²) in [5.41, 5.74) is 2.74. The maximum Gasteiger partial charge on any atom is 0.359 e. The van der Waals surface area contributed by atoms with E-state index in [1.807, 2.05) is 62.4 Å². The topological polar surface area (TPSA) is 52.6 Å². The fraction of sp³-hybridized carbons (Fsp3) is 0.217. The first-order chi connectivity index (χ1) is 13.0. The summed E-state index contributed by atoms with van der Waals surface area (Å²) in [6, 6.07) is 15.3. The molecule has 0 fully saturated rings. The molecule has 2 aromatic rings. The minimum absolute atomic E-state index is 0.192. The van der Waals surface area contributed by atoms with Gasteiger partial charge in [-0.05, 0) is 49.1 Å². The second-order valence-electron chi connectivity index (χ2n) is 6.48. The Kier molecular flexibility index (Phi) is 5.26. The van der Waals surface area contributed by atoms with Gasteiger partial charge < -0.3 is 9.47 Å². The van der Waals surface area contributed by atoms with Crippen molar-refractivity contribution < 1.29 is 19.1 Å². The Hall–Kier alpha value is -3.14. The SMILES string of the molecule is CCOC(=O)C1(/C=C/c2ccccc2)OC(=O)C=C1c1ccc(C)c(C)c1. The largest absolute Gasteiger partial charge is 0.463 e. The summed E-state index contributed by atoms with van der Waals surface area (Å²) in [7, 11) is 0. The van der Waals surface area contributed by atoms with Crippen LogP contribution in [0.2, 0.25) is 0 Å². The molecule has 1 heterocycles. The fourth-order valence-electron chi connectivity index (χ4n) is 3.03. The third-order valence-electron chi connectivity index (χ3n) is 4.63. The summed E-state index contributed by atoms with van der Waals surface area (Å²) in [6.45, 7) is 5.92. The van der Waals surface area contributed by atoms with Gasteiger partial charge >= 0.3 is 11.9 Å². The average molecular weight is 362 g/mol. The fourth-order valence-corrected chi connectivity index (χ4v) is 3.03. The van der Waals surface area contributed by atoms with Gasteiger partial charge in [-0.25, -0.2) is 9.59 Å². The molecule has 1 aliphatic rings. The van der Waals surface area contributed by atoms with Crippen molar-refractivity contribution in [2.75, 3.05) is 6.61 Å². The molecule has 1 atom stereocenters. The summed E-state index contributed by atoms with van der Waals surface area (Å²) >= 11 is 0. The van der Waals surface area contributed by atoms with E-state index in [9.17, 15) is 9.59 Å². The van der Waals surface area contributed by atoms with Gasteiger partial charge in [-0.15, -0.1) is 0 Å². The number of ether oxygens (including phenoxy) is 2. The number of benzene rings is 2. The van der Waals surface area contributed by atoms with Crippen LogP contribution in [-0.2, 0) is 19.1 Å². The zero-order valence-electron chi connectivity index (χ0n) is 15.7. The lowest BCUT2D eigenvalue weighted by atomic mass is 9.87. The maximum atomic E-state index is 12.9. The monoisotopic (exact) mass is 362 g/mol. The molecule has 27 heavy (non-hydrogen) atoms. The third kappa shape index (κ3) is 3.70. The predicted molar refractivity (Wildman–Crippen MR) is 105 cm³/mol. The Balaban J connectivity index is 2.11. The zero-order chi connectivity index (χ0) is 19.4. The molecule has 1 aliphatic heterocycles. The van der Waals surface area contributed by atoms with Crippen molar-refractivity contribution in [3.05, 3.63) is 82.9 Å². The Morgan fingerprint density at radius 2 is 1.85 bits per heavy atom. The van der Waals surface area contributed by atoms with Crippen molar-refractivity contribution in [2.24, 2.45) is 0 Å². The van der Waals surface area contributed by atoms with Gasteiger partial charge in [0.1, 0.15) is 0 Å². The van der Waals surface area contributed by atoms with Gasteiger partial charge in [-0.3, -0.25) is 0 Å². The van der Waals surface area contributed by atoms with E-state index in [1.54, 1.807) is 19.1 Å². The van der Waals surface area contributed by atoms with Gasteiger partial charge in [0.05, 0.1) is 6.61 Å². The Morgan fingerprint density at radius 3 is 2.52 bits per heavy atom. The van der Waals surface area contributed by atoms with Crippen molar-refractivity contribution in [3.63, 3.8) is 0 Å². The molecule has 0 amide bonds. The lowest BCUT2D eigenvalue weighted by molar-refractivity contribution is -0.165. The lowest BCUT2D eigenvalue weighted by Crippen LogP contribution is -2.40. The van der Waals surface area contributed by atoms with Crippen LogP contribution in [0.15, 0.2) is 60.7 Å². The molecule has 4 nitrogen and oxygen atoms in total. The van der Waals surface area contributed by atoms with Crippen molar-refractivity contribution in [1.29, 1.82) is 0 Å². The third-order valence-corrected chi connectivity index (χ3v) is 4.63. The van der Waals surface area contributed by atoms with Crippen LogP contribution in [0.1, 0.15) is 29.2 Å². The molecule has 3 rings (SSSR count). The molecular weight excluding hydrogens is 340 g/mol. The minimum atomic E-state index is -1.59. The number of esters is 2. The molecule has 0 saturated heterocycles. The molecule has 0 saturated carbocycles. The van der Waals surface area contributed by atoms with E-state index >= 15 is 0 Å². The van der Waals surface area contributed by atoms with Gasteiger partial charge in [0, 0.05) is 11.6 Å². The molecule has 2 aromatic carbocycles. The second kappa shape index (κ2) is 7.62. The van der Waals surface area contributed by atoms with Crippen LogP contribution in [0, 0.1) is 13.8 Å². The predicted octanol–water partition coefficient (Wildman–Crippen LogP) is 4.26. The van der Waals surface area contributed by atoms with E-state index < -0.39 is 17.5 Å². The zero-order valence-corrected chi connectivity index (χ0v) is 15.7. The number of hydrogen-bond donors (Lipinski definition) is 0.